The third-order valence-corrected chi connectivity index (χ3v) is 2.15. The number of carbonyl (C=O) groups is 1. The van der Waals surface area contributed by atoms with Gasteiger partial charge in [0.05, 0.1) is 0 Å². The van der Waals surface area contributed by atoms with Crippen molar-refractivity contribution in [3.05, 3.63) is 11.7 Å². The molecular weight excluding hydrogens is 246 g/mol. The molecule has 0 saturated heterocycles. The highest BCUT2D eigenvalue weighted by Gasteiger charge is 2.21. The van der Waals surface area contributed by atoms with Crippen molar-refractivity contribution in [2.45, 2.75) is 59.0 Å². The first-order chi connectivity index (χ1) is 8.58. The number of alkyl carbamates (subject to hydrolysis) is 1. The molecule has 0 radical (unpaired) electrons. The minimum Gasteiger partial charge on any atom is -0.444 e. The molecule has 0 spiro atoms. The predicted octanol–water partition coefficient (Wildman–Crippen LogP) is 2.43. The number of hydrogen-bond acceptors (Lipinski definition) is 5. The molecule has 1 N–H and O–H groups in total. The van der Waals surface area contributed by atoms with Crippen molar-refractivity contribution >= 4 is 6.09 Å². The molecular formula is C13H23N3O3. The van der Waals surface area contributed by atoms with E-state index in [-0.39, 0.29) is 5.41 Å². The highest BCUT2D eigenvalue weighted by Crippen LogP contribution is 2.18. The average molecular weight is 269 g/mol. The highest BCUT2D eigenvalue weighted by atomic mass is 16.6. The summed E-state index contributed by atoms with van der Waals surface area (Å²) in [4.78, 5) is 15.7. The number of amides is 1. The number of rotatable bonds is 3. The maximum Gasteiger partial charge on any atom is 0.407 e. The van der Waals surface area contributed by atoms with Crippen LogP contribution >= 0.6 is 0 Å². The average Bonchev–Trinajstić information content (AvgIpc) is 2.62. The van der Waals surface area contributed by atoms with Gasteiger partial charge in [0.1, 0.15) is 5.60 Å². The number of nitrogens with one attached hydrogen (secondary N) is 1. The van der Waals surface area contributed by atoms with E-state index in [9.17, 15) is 4.79 Å². The fraction of sp³-hybridized carbons (Fsp3) is 0.769. The molecule has 0 saturated carbocycles. The normalized spacial score (nSPS) is 12.3. The number of aromatic nitrogens is 2. The Bertz CT molecular complexity index is 427. The van der Waals surface area contributed by atoms with Gasteiger partial charge in [0.15, 0.2) is 5.82 Å². The van der Waals surface area contributed by atoms with Gasteiger partial charge < -0.3 is 14.6 Å². The molecule has 0 fully saturated rings. The van der Waals surface area contributed by atoms with Crippen molar-refractivity contribution < 1.29 is 14.1 Å². The number of hydrogen-bond donors (Lipinski definition) is 1. The maximum atomic E-state index is 11.4. The second-order valence-electron chi connectivity index (χ2n) is 6.44. The van der Waals surface area contributed by atoms with Gasteiger partial charge in [-0.05, 0) is 20.8 Å². The van der Waals surface area contributed by atoms with E-state index in [1.807, 2.05) is 41.5 Å². The maximum absolute atomic E-state index is 11.4. The largest absolute Gasteiger partial charge is 0.444 e. The lowest BCUT2D eigenvalue weighted by Crippen LogP contribution is -2.33. The van der Waals surface area contributed by atoms with Crippen LogP contribution < -0.4 is 5.32 Å². The lowest BCUT2D eigenvalue weighted by Gasteiger charge is -2.19. The molecule has 1 aromatic rings. The van der Waals surface area contributed by atoms with E-state index in [4.69, 9.17) is 9.26 Å². The van der Waals surface area contributed by atoms with E-state index < -0.39 is 11.7 Å². The third kappa shape index (κ3) is 5.72. The fourth-order valence-electron chi connectivity index (χ4n) is 1.25. The van der Waals surface area contributed by atoms with Gasteiger partial charge in [-0.2, -0.15) is 4.98 Å². The summed E-state index contributed by atoms with van der Waals surface area (Å²) in [6.45, 7) is 11.9. The van der Waals surface area contributed by atoms with E-state index >= 15 is 0 Å². The molecule has 19 heavy (non-hydrogen) atoms. The molecule has 0 aromatic carbocycles. The van der Waals surface area contributed by atoms with Crippen LogP contribution in [-0.4, -0.2) is 28.4 Å². The van der Waals surface area contributed by atoms with Gasteiger partial charge in [-0.15, -0.1) is 0 Å². The molecule has 108 valence electrons. The first kappa shape index (κ1) is 15.5. The first-order valence-corrected chi connectivity index (χ1v) is 6.38. The second-order valence-corrected chi connectivity index (χ2v) is 6.44. The van der Waals surface area contributed by atoms with Crippen LogP contribution in [0.4, 0.5) is 4.79 Å². The summed E-state index contributed by atoms with van der Waals surface area (Å²) in [5, 5.41) is 6.56. The van der Waals surface area contributed by atoms with E-state index in [1.54, 1.807) is 0 Å². The fourth-order valence-corrected chi connectivity index (χ4v) is 1.25. The van der Waals surface area contributed by atoms with Crippen molar-refractivity contribution in [3.8, 4) is 0 Å². The topological polar surface area (TPSA) is 77.2 Å². The summed E-state index contributed by atoms with van der Waals surface area (Å²) in [7, 11) is 0. The van der Waals surface area contributed by atoms with Crippen LogP contribution in [0.2, 0.25) is 0 Å². The minimum atomic E-state index is -0.492. The van der Waals surface area contributed by atoms with Gasteiger partial charge in [-0.1, -0.05) is 25.9 Å². The van der Waals surface area contributed by atoms with Crippen LogP contribution in [0, 0.1) is 0 Å². The molecule has 6 heteroatoms. The van der Waals surface area contributed by atoms with Crippen molar-refractivity contribution in [2.75, 3.05) is 6.54 Å². The van der Waals surface area contributed by atoms with Gasteiger partial charge in [0.2, 0.25) is 5.89 Å². The first-order valence-electron chi connectivity index (χ1n) is 6.38. The standard InChI is InChI=1S/C13H23N3O3/c1-12(2,3)10-15-9(19-16-10)7-8-14-11(17)18-13(4,5)6/h7-8H2,1-6H3,(H,14,17). The Morgan fingerprint density at radius 3 is 2.37 bits per heavy atom. The summed E-state index contributed by atoms with van der Waals surface area (Å²) in [5.74, 6) is 1.18. The van der Waals surface area contributed by atoms with Crippen LogP contribution in [0.5, 0.6) is 0 Å². The Morgan fingerprint density at radius 2 is 1.89 bits per heavy atom. The minimum absolute atomic E-state index is 0.139. The van der Waals surface area contributed by atoms with Gasteiger partial charge >= 0.3 is 6.09 Å². The van der Waals surface area contributed by atoms with E-state index in [0.717, 1.165) is 0 Å². The molecule has 0 atom stereocenters. The monoisotopic (exact) mass is 269 g/mol. The van der Waals surface area contributed by atoms with Crippen molar-refractivity contribution in [1.82, 2.24) is 15.5 Å². The predicted molar refractivity (Wildman–Crippen MR) is 70.9 cm³/mol. The van der Waals surface area contributed by atoms with E-state index in [1.165, 1.54) is 0 Å². The zero-order valence-electron chi connectivity index (χ0n) is 12.5. The summed E-state index contributed by atoms with van der Waals surface area (Å²) in [5.41, 5.74) is -0.631. The molecule has 1 amide bonds. The Balaban J connectivity index is 2.38. The quantitative estimate of drug-likeness (QED) is 0.911. The van der Waals surface area contributed by atoms with Crippen LogP contribution in [0.1, 0.15) is 53.3 Å². The van der Waals surface area contributed by atoms with Crippen LogP contribution in [0.15, 0.2) is 4.52 Å². The molecule has 0 unspecified atom stereocenters. The van der Waals surface area contributed by atoms with E-state index in [0.29, 0.717) is 24.7 Å². The van der Waals surface area contributed by atoms with Crippen LogP contribution in [0.3, 0.4) is 0 Å². The molecule has 0 bridgehead atoms. The molecule has 1 rings (SSSR count). The van der Waals surface area contributed by atoms with Crippen LogP contribution in [0.25, 0.3) is 0 Å². The summed E-state index contributed by atoms with van der Waals surface area (Å²) in [6, 6.07) is 0. The summed E-state index contributed by atoms with van der Waals surface area (Å²) in [6.07, 6.45) is 0.0468. The van der Waals surface area contributed by atoms with Crippen molar-refractivity contribution in [2.24, 2.45) is 0 Å². The zero-order chi connectivity index (χ0) is 14.7. The Hall–Kier alpha value is -1.59. The van der Waals surface area contributed by atoms with Crippen LogP contribution in [-0.2, 0) is 16.6 Å². The Morgan fingerprint density at radius 1 is 1.26 bits per heavy atom. The lowest BCUT2D eigenvalue weighted by atomic mass is 9.96. The molecule has 0 aliphatic carbocycles. The molecule has 6 nitrogen and oxygen atoms in total. The Kier molecular flexibility index (Phi) is 4.55. The van der Waals surface area contributed by atoms with Gasteiger partial charge in [0.25, 0.3) is 0 Å². The van der Waals surface area contributed by atoms with Gasteiger partial charge in [-0.25, -0.2) is 4.79 Å². The molecule has 0 aliphatic rings. The zero-order valence-corrected chi connectivity index (χ0v) is 12.5. The molecule has 0 aliphatic heterocycles. The lowest BCUT2D eigenvalue weighted by molar-refractivity contribution is 0.0527. The number of carbonyl (C=O) groups excluding carboxylic acids is 1. The van der Waals surface area contributed by atoms with Gasteiger partial charge in [0, 0.05) is 18.4 Å². The second kappa shape index (κ2) is 5.59. The summed E-state index contributed by atoms with van der Waals surface area (Å²) >= 11 is 0. The SMILES string of the molecule is CC(C)(C)OC(=O)NCCc1nc(C(C)(C)C)no1. The molecule has 1 heterocycles. The Labute approximate surface area is 113 Å². The number of ether oxygens (including phenoxy) is 1. The molecule has 1 aromatic heterocycles. The van der Waals surface area contributed by atoms with Crippen molar-refractivity contribution in [3.63, 3.8) is 0 Å². The smallest absolute Gasteiger partial charge is 0.407 e. The summed E-state index contributed by atoms with van der Waals surface area (Å²) < 4.78 is 10.2. The highest BCUT2D eigenvalue weighted by molar-refractivity contribution is 5.67. The number of nitrogens with zero attached hydrogens (tertiary/aromatic N) is 2. The van der Waals surface area contributed by atoms with Crippen molar-refractivity contribution in [1.29, 1.82) is 0 Å². The van der Waals surface area contributed by atoms with Gasteiger partial charge in [-0.3, -0.25) is 0 Å². The third-order valence-electron chi connectivity index (χ3n) is 2.15. The van der Waals surface area contributed by atoms with E-state index in [2.05, 4.69) is 15.5 Å².